The van der Waals surface area contributed by atoms with Crippen LogP contribution in [-0.2, 0) is 17.6 Å². The van der Waals surface area contributed by atoms with Crippen molar-refractivity contribution in [3.05, 3.63) is 29.3 Å². The molecule has 0 amide bonds. The van der Waals surface area contributed by atoms with Crippen LogP contribution in [0.2, 0.25) is 0 Å². The fourth-order valence-electron chi connectivity index (χ4n) is 2.71. The predicted octanol–water partition coefficient (Wildman–Crippen LogP) is 2.23. The van der Waals surface area contributed by atoms with Crippen LogP contribution in [0.1, 0.15) is 11.1 Å². The van der Waals surface area contributed by atoms with Gasteiger partial charge in [0, 0.05) is 31.8 Å². The molecule has 1 aromatic carbocycles. The van der Waals surface area contributed by atoms with Gasteiger partial charge in [-0.15, -0.1) is 0 Å². The van der Waals surface area contributed by atoms with Gasteiger partial charge in [0.15, 0.2) is 0 Å². The van der Waals surface area contributed by atoms with E-state index in [0.717, 1.165) is 45.1 Å². The summed E-state index contributed by atoms with van der Waals surface area (Å²) in [5.74, 6) is 3.53. The summed E-state index contributed by atoms with van der Waals surface area (Å²) in [6.07, 6.45) is 2.24. The maximum absolute atomic E-state index is 5.54. The third-order valence-corrected chi connectivity index (χ3v) is 4.91. The van der Waals surface area contributed by atoms with Gasteiger partial charge in [-0.1, -0.05) is 12.1 Å². The van der Waals surface area contributed by atoms with Gasteiger partial charge in [-0.05, 0) is 29.4 Å². The van der Waals surface area contributed by atoms with E-state index in [0.29, 0.717) is 0 Å². The van der Waals surface area contributed by atoms with Crippen molar-refractivity contribution in [3.8, 4) is 5.75 Å². The average molecular weight is 293 g/mol. The number of nitrogens with zero attached hydrogens (tertiary/aromatic N) is 1. The number of rotatable bonds is 6. The zero-order valence-corrected chi connectivity index (χ0v) is 12.8. The molecule has 0 aromatic heterocycles. The number of hydrogen-bond acceptors (Lipinski definition) is 4. The number of aryl methyl sites for hydroxylation is 1. The van der Waals surface area contributed by atoms with E-state index in [-0.39, 0.29) is 0 Å². The molecule has 1 saturated heterocycles. The van der Waals surface area contributed by atoms with Crippen LogP contribution in [0, 0.1) is 0 Å². The molecule has 0 saturated carbocycles. The fourth-order valence-corrected chi connectivity index (χ4v) is 3.68. The Morgan fingerprint density at radius 3 is 2.90 bits per heavy atom. The predicted molar refractivity (Wildman–Crippen MR) is 83.9 cm³/mol. The molecule has 0 atom stereocenters. The minimum atomic E-state index is 0.854. The highest BCUT2D eigenvalue weighted by Crippen LogP contribution is 2.26. The Kier molecular flexibility index (Phi) is 5.23. The summed E-state index contributed by atoms with van der Waals surface area (Å²) in [5, 5.41) is 0. The Morgan fingerprint density at radius 1 is 1.10 bits per heavy atom. The van der Waals surface area contributed by atoms with Gasteiger partial charge in [0.1, 0.15) is 5.75 Å². The van der Waals surface area contributed by atoms with Crippen molar-refractivity contribution in [1.29, 1.82) is 0 Å². The van der Waals surface area contributed by atoms with Crippen LogP contribution < -0.4 is 4.74 Å². The summed E-state index contributed by atoms with van der Waals surface area (Å²) in [4.78, 5) is 2.50. The summed E-state index contributed by atoms with van der Waals surface area (Å²) in [7, 11) is 0. The summed E-state index contributed by atoms with van der Waals surface area (Å²) in [5.41, 5.74) is 2.84. The fraction of sp³-hybridized carbons (Fsp3) is 0.625. The van der Waals surface area contributed by atoms with Crippen LogP contribution >= 0.6 is 11.8 Å². The van der Waals surface area contributed by atoms with Crippen LogP contribution in [0.25, 0.3) is 0 Å². The molecule has 0 bridgehead atoms. The molecule has 3 nitrogen and oxygen atoms in total. The average Bonchev–Trinajstić information content (AvgIpc) is 2.95. The molecule has 2 aliphatic heterocycles. The third-order valence-electron chi connectivity index (χ3n) is 3.94. The topological polar surface area (TPSA) is 21.7 Å². The first-order valence-corrected chi connectivity index (χ1v) is 8.70. The van der Waals surface area contributed by atoms with E-state index >= 15 is 0 Å². The summed E-state index contributed by atoms with van der Waals surface area (Å²) in [6.45, 7) is 6.07. The van der Waals surface area contributed by atoms with Gasteiger partial charge in [-0.3, -0.25) is 4.90 Å². The highest BCUT2D eigenvalue weighted by atomic mass is 32.2. The molecule has 0 N–H and O–H groups in total. The maximum atomic E-state index is 5.54. The molecule has 1 aromatic rings. The SMILES string of the molecule is c1cc2c(cc1CCSCCN1CCOCC1)CCO2. The number of ether oxygens (including phenoxy) is 2. The van der Waals surface area contributed by atoms with E-state index in [4.69, 9.17) is 9.47 Å². The Morgan fingerprint density at radius 2 is 2.00 bits per heavy atom. The smallest absolute Gasteiger partial charge is 0.122 e. The molecule has 1 fully saturated rings. The minimum Gasteiger partial charge on any atom is -0.493 e. The first-order valence-electron chi connectivity index (χ1n) is 7.54. The molecular weight excluding hydrogens is 270 g/mol. The van der Waals surface area contributed by atoms with Crippen LogP contribution in [0.5, 0.6) is 5.75 Å². The van der Waals surface area contributed by atoms with Crippen LogP contribution in [0.3, 0.4) is 0 Å². The zero-order chi connectivity index (χ0) is 13.6. The standard InChI is InChI=1S/C16H23NO2S/c1-2-16-15(3-8-19-16)13-14(1)4-11-20-12-7-17-5-9-18-10-6-17/h1-2,13H,3-12H2. The Hall–Kier alpha value is -0.710. The van der Waals surface area contributed by atoms with Gasteiger partial charge < -0.3 is 9.47 Å². The largest absolute Gasteiger partial charge is 0.493 e. The number of thioether (sulfide) groups is 1. The molecule has 0 aliphatic carbocycles. The van der Waals surface area contributed by atoms with Gasteiger partial charge in [-0.2, -0.15) is 11.8 Å². The molecule has 110 valence electrons. The number of fused-ring (bicyclic) bond motifs is 1. The zero-order valence-electron chi connectivity index (χ0n) is 12.0. The highest BCUT2D eigenvalue weighted by molar-refractivity contribution is 7.99. The lowest BCUT2D eigenvalue weighted by Crippen LogP contribution is -2.37. The monoisotopic (exact) mass is 293 g/mol. The van der Waals surface area contributed by atoms with Crippen molar-refractivity contribution >= 4 is 11.8 Å². The highest BCUT2D eigenvalue weighted by Gasteiger charge is 2.12. The third kappa shape index (κ3) is 3.90. The molecule has 20 heavy (non-hydrogen) atoms. The van der Waals surface area contributed by atoms with Crippen molar-refractivity contribution in [1.82, 2.24) is 4.90 Å². The molecule has 2 heterocycles. The lowest BCUT2D eigenvalue weighted by atomic mass is 10.1. The first kappa shape index (κ1) is 14.2. The van der Waals surface area contributed by atoms with Gasteiger partial charge >= 0.3 is 0 Å². The second-order valence-corrected chi connectivity index (χ2v) is 6.58. The lowest BCUT2D eigenvalue weighted by molar-refractivity contribution is 0.0410. The molecule has 4 heteroatoms. The number of morpholine rings is 1. The van der Waals surface area contributed by atoms with Crippen molar-refractivity contribution < 1.29 is 9.47 Å². The quantitative estimate of drug-likeness (QED) is 0.750. The van der Waals surface area contributed by atoms with Crippen LogP contribution in [0.4, 0.5) is 0 Å². The number of benzene rings is 1. The molecule has 0 radical (unpaired) electrons. The van der Waals surface area contributed by atoms with Gasteiger partial charge in [0.05, 0.1) is 19.8 Å². The summed E-state index contributed by atoms with van der Waals surface area (Å²) in [6, 6.07) is 6.67. The van der Waals surface area contributed by atoms with E-state index < -0.39 is 0 Å². The molecule has 0 spiro atoms. The first-order chi connectivity index (χ1) is 9.92. The van der Waals surface area contributed by atoms with Gasteiger partial charge in [0.25, 0.3) is 0 Å². The van der Waals surface area contributed by atoms with Crippen molar-refractivity contribution in [2.24, 2.45) is 0 Å². The van der Waals surface area contributed by atoms with Crippen molar-refractivity contribution in [2.75, 3.05) is 51.0 Å². The van der Waals surface area contributed by atoms with Crippen molar-refractivity contribution in [3.63, 3.8) is 0 Å². The van der Waals surface area contributed by atoms with Crippen LogP contribution in [0.15, 0.2) is 18.2 Å². The number of hydrogen-bond donors (Lipinski definition) is 0. The molecular formula is C16H23NO2S. The molecule has 0 unspecified atom stereocenters. The molecule has 2 aliphatic rings. The van der Waals surface area contributed by atoms with Gasteiger partial charge in [-0.25, -0.2) is 0 Å². The summed E-state index contributed by atoms with van der Waals surface area (Å²) >= 11 is 2.06. The Bertz CT molecular complexity index is 432. The maximum Gasteiger partial charge on any atom is 0.122 e. The van der Waals surface area contributed by atoms with E-state index in [1.54, 1.807) is 0 Å². The van der Waals surface area contributed by atoms with Gasteiger partial charge in [0.2, 0.25) is 0 Å². The second-order valence-electron chi connectivity index (χ2n) is 5.36. The Labute approximate surface area is 125 Å². The second kappa shape index (κ2) is 7.34. The van der Waals surface area contributed by atoms with E-state index in [2.05, 4.69) is 34.9 Å². The van der Waals surface area contributed by atoms with E-state index in [1.807, 2.05) is 0 Å². The minimum absolute atomic E-state index is 0.854. The van der Waals surface area contributed by atoms with E-state index in [9.17, 15) is 0 Å². The molecule has 3 rings (SSSR count). The van der Waals surface area contributed by atoms with Crippen molar-refractivity contribution in [2.45, 2.75) is 12.8 Å². The summed E-state index contributed by atoms with van der Waals surface area (Å²) < 4.78 is 10.9. The lowest BCUT2D eigenvalue weighted by Gasteiger charge is -2.26. The van der Waals surface area contributed by atoms with E-state index in [1.165, 1.54) is 35.6 Å². The Balaban J connectivity index is 1.33. The van der Waals surface area contributed by atoms with Crippen LogP contribution in [-0.4, -0.2) is 55.9 Å². The normalized spacial score (nSPS) is 18.8.